The number of benzene rings is 1. The van der Waals surface area contributed by atoms with Crippen LogP contribution in [0.5, 0.6) is 0 Å². The molecule has 0 aliphatic rings. The van der Waals surface area contributed by atoms with Gasteiger partial charge in [-0.15, -0.1) is 0 Å². The number of carbonyl (C=O) groups is 3. The summed E-state index contributed by atoms with van der Waals surface area (Å²) in [5, 5.41) is 11.5. The van der Waals surface area contributed by atoms with Gasteiger partial charge in [-0.1, -0.05) is 18.2 Å². The van der Waals surface area contributed by atoms with Crippen molar-refractivity contribution in [1.82, 2.24) is 5.32 Å². The van der Waals surface area contributed by atoms with Crippen molar-refractivity contribution in [1.29, 1.82) is 5.26 Å². The summed E-state index contributed by atoms with van der Waals surface area (Å²) < 4.78 is 4.72. The number of ether oxygens (including phenoxy) is 1. The molecule has 7 heteroatoms. The quantitative estimate of drug-likeness (QED) is 0.672. The molecule has 0 fully saturated rings. The highest BCUT2D eigenvalue weighted by molar-refractivity contribution is 5.88. The standard InChI is InChI=1S/C16H19N3O4/c1-2-23-15(21)8-7-14(20)19-13(16(18)22)9-11-5-3-4-6-12(11)10-17/h3-6,13H,2,7-9H2,1H3,(H2,18,22)(H,19,20)/t13-/m0/s1. The maximum atomic E-state index is 11.8. The van der Waals surface area contributed by atoms with Crippen molar-refractivity contribution in [3.05, 3.63) is 35.4 Å². The zero-order chi connectivity index (χ0) is 17.2. The maximum absolute atomic E-state index is 11.8. The monoisotopic (exact) mass is 317 g/mol. The Kier molecular flexibility index (Phi) is 7.27. The summed E-state index contributed by atoms with van der Waals surface area (Å²) in [6.45, 7) is 1.92. The highest BCUT2D eigenvalue weighted by Crippen LogP contribution is 2.10. The Bertz CT molecular complexity index is 622. The molecule has 0 spiro atoms. The lowest BCUT2D eigenvalue weighted by molar-refractivity contribution is -0.144. The van der Waals surface area contributed by atoms with Gasteiger partial charge in [0.25, 0.3) is 0 Å². The molecular formula is C16H19N3O4. The Labute approximate surface area is 134 Å². The van der Waals surface area contributed by atoms with Crippen LogP contribution in [0.3, 0.4) is 0 Å². The number of nitrogens with two attached hydrogens (primary N) is 1. The molecule has 0 saturated heterocycles. The highest BCUT2D eigenvalue weighted by atomic mass is 16.5. The van der Waals surface area contributed by atoms with E-state index in [4.69, 9.17) is 15.7 Å². The summed E-state index contributed by atoms with van der Waals surface area (Å²) in [4.78, 5) is 34.5. The molecule has 0 saturated carbocycles. The zero-order valence-electron chi connectivity index (χ0n) is 12.9. The molecule has 0 aromatic heterocycles. The molecule has 1 rings (SSSR count). The molecular weight excluding hydrogens is 298 g/mol. The van der Waals surface area contributed by atoms with Crippen LogP contribution in [-0.2, 0) is 25.5 Å². The SMILES string of the molecule is CCOC(=O)CCC(=O)N[C@@H](Cc1ccccc1C#N)C(N)=O. The van der Waals surface area contributed by atoms with Crippen molar-refractivity contribution in [2.45, 2.75) is 32.2 Å². The summed E-state index contributed by atoms with van der Waals surface area (Å²) in [6.07, 6.45) is -0.0489. The minimum absolute atomic E-state index is 0.0695. The van der Waals surface area contributed by atoms with Crippen molar-refractivity contribution in [3.8, 4) is 6.07 Å². The number of rotatable bonds is 8. The van der Waals surface area contributed by atoms with E-state index in [-0.39, 0.29) is 25.9 Å². The number of esters is 1. The fourth-order valence-electron chi connectivity index (χ4n) is 1.97. The van der Waals surface area contributed by atoms with Crippen LogP contribution in [0, 0.1) is 11.3 Å². The largest absolute Gasteiger partial charge is 0.466 e. The van der Waals surface area contributed by atoms with Gasteiger partial charge in [0, 0.05) is 12.8 Å². The lowest BCUT2D eigenvalue weighted by Crippen LogP contribution is -2.46. The number of amides is 2. The van der Waals surface area contributed by atoms with Gasteiger partial charge in [0.1, 0.15) is 6.04 Å². The first kappa shape index (κ1) is 18.2. The first-order valence-corrected chi connectivity index (χ1v) is 7.20. The van der Waals surface area contributed by atoms with E-state index in [9.17, 15) is 14.4 Å². The Hall–Kier alpha value is -2.88. The molecule has 3 N–H and O–H groups in total. The lowest BCUT2D eigenvalue weighted by atomic mass is 10.0. The fourth-order valence-corrected chi connectivity index (χ4v) is 1.97. The van der Waals surface area contributed by atoms with E-state index in [2.05, 4.69) is 5.32 Å². The minimum atomic E-state index is -0.945. The second-order valence-electron chi connectivity index (χ2n) is 4.80. The number of nitrogens with zero attached hydrogens (tertiary/aromatic N) is 1. The summed E-state index contributed by atoms with van der Waals surface area (Å²) >= 11 is 0. The molecule has 0 bridgehead atoms. The first-order chi connectivity index (χ1) is 11.0. The average Bonchev–Trinajstić information content (AvgIpc) is 2.53. The number of hydrogen-bond donors (Lipinski definition) is 2. The van der Waals surface area contributed by atoms with E-state index in [1.54, 1.807) is 31.2 Å². The summed E-state index contributed by atoms with van der Waals surface area (Å²) in [5.41, 5.74) is 6.33. The van der Waals surface area contributed by atoms with Crippen molar-refractivity contribution < 1.29 is 19.1 Å². The van der Waals surface area contributed by atoms with Crippen LogP contribution in [-0.4, -0.2) is 30.4 Å². The fraction of sp³-hybridized carbons (Fsp3) is 0.375. The first-order valence-electron chi connectivity index (χ1n) is 7.20. The molecule has 1 aromatic carbocycles. The van der Waals surface area contributed by atoms with Crippen molar-refractivity contribution in [2.75, 3.05) is 6.61 Å². The van der Waals surface area contributed by atoms with Crippen LogP contribution in [0.2, 0.25) is 0 Å². The van der Waals surface area contributed by atoms with Gasteiger partial charge < -0.3 is 15.8 Å². The maximum Gasteiger partial charge on any atom is 0.306 e. The lowest BCUT2D eigenvalue weighted by Gasteiger charge is -2.16. The van der Waals surface area contributed by atoms with Crippen LogP contribution in [0.1, 0.15) is 30.9 Å². The molecule has 0 unspecified atom stereocenters. The van der Waals surface area contributed by atoms with E-state index in [0.29, 0.717) is 11.1 Å². The summed E-state index contributed by atoms with van der Waals surface area (Å²) in [6, 6.07) is 7.83. The Balaban J connectivity index is 2.65. The van der Waals surface area contributed by atoms with Gasteiger partial charge in [0.05, 0.1) is 24.7 Å². The third-order valence-electron chi connectivity index (χ3n) is 3.10. The van der Waals surface area contributed by atoms with Gasteiger partial charge >= 0.3 is 5.97 Å². The number of carbonyl (C=O) groups excluding carboxylic acids is 3. The summed E-state index contributed by atoms with van der Waals surface area (Å²) in [5.74, 6) is -1.66. The van der Waals surface area contributed by atoms with Gasteiger partial charge in [0.2, 0.25) is 11.8 Å². The molecule has 0 heterocycles. The van der Waals surface area contributed by atoms with E-state index in [1.807, 2.05) is 6.07 Å². The second kappa shape index (κ2) is 9.20. The zero-order valence-corrected chi connectivity index (χ0v) is 12.9. The van der Waals surface area contributed by atoms with E-state index >= 15 is 0 Å². The third kappa shape index (κ3) is 6.18. The Morgan fingerprint density at radius 3 is 2.61 bits per heavy atom. The average molecular weight is 317 g/mol. The van der Waals surface area contributed by atoms with Gasteiger partial charge in [-0.25, -0.2) is 0 Å². The predicted octanol–water partition coefficient (Wildman–Crippen LogP) is 0.414. The third-order valence-corrected chi connectivity index (χ3v) is 3.10. The van der Waals surface area contributed by atoms with Gasteiger partial charge in [-0.05, 0) is 18.6 Å². The van der Waals surface area contributed by atoms with Crippen LogP contribution in [0.4, 0.5) is 0 Å². The van der Waals surface area contributed by atoms with E-state index in [1.165, 1.54) is 0 Å². The minimum Gasteiger partial charge on any atom is -0.466 e. The number of nitriles is 1. The molecule has 1 atom stereocenters. The van der Waals surface area contributed by atoms with Crippen molar-refractivity contribution in [3.63, 3.8) is 0 Å². The molecule has 0 aliphatic heterocycles. The number of nitrogens with one attached hydrogen (secondary N) is 1. The van der Waals surface area contributed by atoms with Crippen molar-refractivity contribution in [2.24, 2.45) is 5.73 Å². The summed E-state index contributed by atoms with van der Waals surface area (Å²) in [7, 11) is 0. The number of hydrogen-bond acceptors (Lipinski definition) is 5. The molecule has 1 aromatic rings. The van der Waals surface area contributed by atoms with Crippen LogP contribution >= 0.6 is 0 Å². The Morgan fingerprint density at radius 2 is 2.00 bits per heavy atom. The topological polar surface area (TPSA) is 122 Å². The van der Waals surface area contributed by atoms with Gasteiger partial charge in [-0.2, -0.15) is 5.26 Å². The molecule has 2 amide bonds. The van der Waals surface area contributed by atoms with Crippen LogP contribution < -0.4 is 11.1 Å². The van der Waals surface area contributed by atoms with Crippen LogP contribution in [0.25, 0.3) is 0 Å². The molecule has 0 aliphatic carbocycles. The Morgan fingerprint density at radius 1 is 1.30 bits per heavy atom. The smallest absolute Gasteiger partial charge is 0.306 e. The molecule has 122 valence electrons. The predicted molar refractivity (Wildman–Crippen MR) is 81.9 cm³/mol. The van der Waals surface area contributed by atoms with Gasteiger partial charge in [-0.3, -0.25) is 14.4 Å². The second-order valence-corrected chi connectivity index (χ2v) is 4.80. The van der Waals surface area contributed by atoms with Crippen molar-refractivity contribution >= 4 is 17.8 Å². The molecule has 23 heavy (non-hydrogen) atoms. The van der Waals surface area contributed by atoms with Crippen LogP contribution in [0.15, 0.2) is 24.3 Å². The molecule has 7 nitrogen and oxygen atoms in total. The van der Waals surface area contributed by atoms with Gasteiger partial charge in [0.15, 0.2) is 0 Å². The van der Waals surface area contributed by atoms with E-state index < -0.39 is 23.8 Å². The van der Waals surface area contributed by atoms with E-state index in [0.717, 1.165) is 0 Å². The normalized spacial score (nSPS) is 11.1. The number of primary amides is 1. The molecule has 0 radical (unpaired) electrons. The highest BCUT2D eigenvalue weighted by Gasteiger charge is 2.20.